The molecule has 0 heterocycles. The third kappa shape index (κ3) is 6.81. The standard InChI is InChI=1S/C20H20ClNO3/c1-15-4-2-3-5-17(15)8-11-20(24)25-14-19(23)22-13-12-16-6-9-18(21)10-7-16/h2-11H,12-14H2,1H3,(H,22,23)/b11-8+. The molecule has 0 aliphatic heterocycles. The molecule has 0 unspecified atom stereocenters. The first-order valence-corrected chi connectivity index (χ1v) is 8.34. The Labute approximate surface area is 152 Å². The summed E-state index contributed by atoms with van der Waals surface area (Å²) in [5.74, 6) is -0.872. The molecule has 0 aliphatic rings. The molecule has 25 heavy (non-hydrogen) atoms. The quantitative estimate of drug-likeness (QED) is 0.609. The van der Waals surface area contributed by atoms with Crippen molar-refractivity contribution in [3.05, 3.63) is 76.3 Å². The topological polar surface area (TPSA) is 55.4 Å². The number of halogens is 1. The van der Waals surface area contributed by atoms with Crippen LogP contribution >= 0.6 is 11.6 Å². The molecule has 0 saturated heterocycles. The minimum absolute atomic E-state index is 0.294. The Morgan fingerprint density at radius 1 is 1.12 bits per heavy atom. The van der Waals surface area contributed by atoms with Crippen molar-refractivity contribution < 1.29 is 14.3 Å². The molecule has 0 aromatic heterocycles. The zero-order valence-electron chi connectivity index (χ0n) is 14.0. The highest BCUT2D eigenvalue weighted by Gasteiger charge is 2.05. The van der Waals surface area contributed by atoms with E-state index in [1.807, 2.05) is 43.3 Å². The molecular weight excluding hydrogens is 338 g/mol. The van der Waals surface area contributed by atoms with Crippen LogP contribution in [0, 0.1) is 6.92 Å². The van der Waals surface area contributed by atoms with Crippen LogP contribution < -0.4 is 5.32 Å². The van der Waals surface area contributed by atoms with E-state index in [1.54, 1.807) is 18.2 Å². The predicted molar refractivity (Wildman–Crippen MR) is 99.3 cm³/mol. The van der Waals surface area contributed by atoms with Gasteiger partial charge in [-0.15, -0.1) is 0 Å². The first kappa shape index (κ1) is 18.7. The minimum Gasteiger partial charge on any atom is -0.452 e. The highest BCUT2D eigenvalue weighted by molar-refractivity contribution is 6.30. The van der Waals surface area contributed by atoms with Gasteiger partial charge in [-0.1, -0.05) is 48.0 Å². The fourth-order valence-electron chi connectivity index (χ4n) is 2.16. The molecule has 0 atom stereocenters. The number of ether oxygens (including phenoxy) is 1. The van der Waals surface area contributed by atoms with Crippen molar-refractivity contribution in [2.75, 3.05) is 13.2 Å². The lowest BCUT2D eigenvalue weighted by molar-refractivity contribution is -0.143. The molecule has 0 radical (unpaired) electrons. The number of aryl methyl sites for hydroxylation is 1. The molecule has 4 nitrogen and oxygen atoms in total. The van der Waals surface area contributed by atoms with Gasteiger partial charge in [0.05, 0.1) is 0 Å². The van der Waals surface area contributed by atoms with Crippen LogP contribution in [0.5, 0.6) is 0 Å². The highest BCUT2D eigenvalue weighted by atomic mass is 35.5. The minimum atomic E-state index is -0.545. The number of esters is 1. The van der Waals surface area contributed by atoms with Crippen molar-refractivity contribution in [1.29, 1.82) is 0 Å². The number of amides is 1. The van der Waals surface area contributed by atoms with E-state index in [2.05, 4.69) is 5.32 Å². The normalized spacial score (nSPS) is 10.6. The van der Waals surface area contributed by atoms with Crippen LogP contribution in [-0.2, 0) is 20.7 Å². The molecule has 2 aromatic carbocycles. The number of rotatable bonds is 7. The summed E-state index contributed by atoms with van der Waals surface area (Å²) >= 11 is 5.82. The summed E-state index contributed by atoms with van der Waals surface area (Å²) < 4.78 is 4.93. The maximum atomic E-state index is 11.7. The monoisotopic (exact) mass is 357 g/mol. The second-order valence-electron chi connectivity index (χ2n) is 5.52. The van der Waals surface area contributed by atoms with E-state index in [4.69, 9.17) is 16.3 Å². The van der Waals surface area contributed by atoms with E-state index in [0.29, 0.717) is 18.0 Å². The molecule has 1 N–H and O–H groups in total. The maximum absolute atomic E-state index is 11.7. The van der Waals surface area contributed by atoms with Crippen LogP contribution in [0.3, 0.4) is 0 Å². The third-order valence-electron chi connectivity index (χ3n) is 3.58. The van der Waals surface area contributed by atoms with Crippen LogP contribution in [0.25, 0.3) is 6.08 Å². The third-order valence-corrected chi connectivity index (χ3v) is 3.83. The predicted octanol–water partition coefficient (Wildman–Crippen LogP) is 3.56. The van der Waals surface area contributed by atoms with Crippen LogP contribution in [-0.4, -0.2) is 25.0 Å². The van der Waals surface area contributed by atoms with Gasteiger partial charge < -0.3 is 10.1 Å². The lowest BCUT2D eigenvalue weighted by Crippen LogP contribution is -2.30. The van der Waals surface area contributed by atoms with Crippen molar-refractivity contribution in [2.24, 2.45) is 0 Å². The number of benzene rings is 2. The Morgan fingerprint density at radius 2 is 1.84 bits per heavy atom. The zero-order valence-corrected chi connectivity index (χ0v) is 14.8. The summed E-state index contributed by atoms with van der Waals surface area (Å²) in [4.78, 5) is 23.3. The molecule has 0 spiro atoms. The van der Waals surface area contributed by atoms with E-state index in [9.17, 15) is 9.59 Å². The van der Waals surface area contributed by atoms with E-state index >= 15 is 0 Å². The van der Waals surface area contributed by atoms with Crippen molar-refractivity contribution in [2.45, 2.75) is 13.3 Å². The van der Waals surface area contributed by atoms with Gasteiger partial charge in [-0.2, -0.15) is 0 Å². The second kappa shape index (κ2) is 9.64. The summed E-state index contributed by atoms with van der Waals surface area (Å²) in [6.07, 6.45) is 3.68. The van der Waals surface area contributed by atoms with Crippen molar-refractivity contribution >= 4 is 29.6 Å². The smallest absolute Gasteiger partial charge is 0.331 e. The molecule has 0 bridgehead atoms. The molecule has 0 fully saturated rings. The molecular formula is C20H20ClNO3. The van der Waals surface area contributed by atoms with Crippen molar-refractivity contribution in [1.82, 2.24) is 5.32 Å². The Morgan fingerprint density at radius 3 is 2.56 bits per heavy atom. The maximum Gasteiger partial charge on any atom is 0.331 e. The van der Waals surface area contributed by atoms with Gasteiger partial charge in [-0.25, -0.2) is 4.79 Å². The SMILES string of the molecule is Cc1ccccc1/C=C/C(=O)OCC(=O)NCCc1ccc(Cl)cc1. The molecule has 2 rings (SSSR count). The van der Waals surface area contributed by atoms with Gasteiger partial charge in [0, 0.05) is 17.6 Å². The summed E-state index contributed by atoms with van der Waals surface area (Å²) in [7, 11) is 0. The summed E-state index contributed by atoms with van der Waals surface area (Å²) in [5.41, 5.74) is 3.07. The fraction of sp³-hybridized carbons (Fsp3) is 0.200. The fourth-order valence-corrected chi connectivity index (χ4v) is 2.29. The number of nitrogens with one attached hydrogen (secondary N) is 1. The Balaban J connectivity index is 1.68. The number of hydrogen-bond donors (Lipinski definition) is 1. The Hall–Kier alpha value is -2.59. The molecule has 1 amide bonds. The molecule has 0 aliphatic carbocycles. The molecule has 0 saturated carbocycles. The van der Waals surface area contributed by atoms with Gasteiger partial charge in [-0.3, -0.25) is 4.79 Å². The second-order valence-corrected chi connectivity index (χ2v) is 5.96. The lowest BCUT2D eigenvalue weighted by atomic mass is 10.1. The van der Waals surface area contributed by atoms with E-state index in [-0.39, 0.29) is 12.5 Å². The van der Waals surface area contributed by atoms with E-state index in [0.717, 1.165) is 16.7 Å². The zero-order chi connectivity index (χ0) is 18.1. The highest BCUT2D eigenvalue weighted by Crippen LogP contribution is 2.10. The van der Waals surface area contributed by atoms with Crippen LogP contribution in [0.4, 0.5) is 0 Å². The average molecular weight is 358 g/mol. The van der Waals surface area contributed by atoms with Crippen molar-refractivity contribution in [3.8, 4) is 0 Å². The Bertz CT molecular complexity index is 754. The van der Waals surface area contributed by atoms with E-state index in [1.165, 1.54) is 6.08 Å². The molecule has 2 aromatic rings. The lowest BCUT2D eigenvalue weighted by Gasteiger charge is -2.06. The molecule has 5 heteroatoms. The summed E-state index contributed by atoms with van der Waals surface area (Å²) in [6.45, 7) is 2.13. The number of carbonyl (C=O) groups excluding carboxylic acids is 2. The molecule has 130 valence electrons. The number of carbonyl (C=O) groups is 2. The van der Waals surface area contributed by atoms with Gasteiger partial charge in [0.2, 0.25) is 0 Å². The van der Waals surface area contributed by atoms with Crippen LogP contribution in [0.15, 0.2) is 54.6 Å². The van der Waals surface area contributed by atoms with Gasteiger partial charge in [0.1, 0.15) is 0 Å². The first-order chi connectivity index (χ1) is 12.0. The van der Waals surface area contributed by atoms with Crippen LogP contribution in [0.1, 0.15) is 16.7 Å². The van der Waals surface area contributed by atoms with Crippen molar-refractivity contribution in [3.63, 3.8) is 0 Å². The average Bonchev–Trinajstić information content (AvgIpc) is 2.61. The van der Waals surface area contributed by atoms with Gasteiger partial charge in [0.15, 0.2) is 6.61 Å². The van der Waals surface area contributed by atoms with Crippen LogP contribution in [0.2, 0.25) is 5.02 Å². The Kier molecular flexibility index (Phi) is 7.23. The van der Waals surface area contributed by atoms with Gasteiger partial charge in [-0.05, 0) is 48.2 Å². The largest absolute Gasteiger partial charge is 0.452 e. The summed E-state index contributed by atoms with van der Waals surface area (Å²) in [5, 5.41) is 3.39. The summed E-state index contributed by atoms with van der Waals surface area (Å²) in [6, 6.07) is 15.1. The van der Waals surface area contributed by atoms with Gasteiger partial charge >= 0.3 is 5.97 Å². The van der Waals surface area contributed by atoms with Gasteiger partial charge in [0.25, 0.3) is 5.91 Å². The van der Waals surface area contributed by atoms with E-state index < -0.39 is 5.97 Å². The first-order valence-electron chi connectivity index (χ1n) is 7.96. The number of hydrogen-bond acceptors (Lipinski definition) is 3.